The summed E-state index contributed by atoms with van der Waals surface area (Å²) in [5, 5.41) is 21.0. The zero-order chi connectivity index (χ0) is 18.4. The number of aliphatic hydroxyl groups excluding tert-OH is 1. The second-order valence-electron chi connectivity index (χ2n) is 6.44. The molecule has 2 amide bonds. The molecule has 8 nitrogen and oxygen atoms in total. The first-order valence-corrected chi connectivity index (χ1v) is 8.11. The molecule has 1 aromatic carbocycles. The van der Waals surface area contributed by atoms with Gasteiger partial charge in [0, 0.05) is 12.6 Å². The van der Waals surface area contributed by atoms with E-state index < -0.39 is 41.9 Å². The molecule has 2 aliphatic heterocycles. The number of amides is 2. The number of phenols is 1. The van der Waals surface area contributed by atoms with Crippen LogP contribution in [0.1, 0.15) is 18.5 Å². The van der Waals surface area contributed by atoms with Crippen LogP contribution in [0.3, 0.4) is 0 Å². The van der Waals surface area contributed by atoms with Gasteiger partial charge in [-0.05, 0) is 31.2 Å². The third-order valence-electron chi connectivity index (χ3n) is 5.19. The molecule has 1 aromatic rings. The highest BCUT2D eigenvalue weighted by atomic mass is 16.5. The van der Waals surface area contributed by atoms with Gasteiger partial charge in [0.25, 0.3) is 0 Å². The molecular weight excluding hydrogens is 328 g/mol. The Hall–Kier alpha value is -2.45. The van der Waals surface area contributed by atoms with Gasteiger partial charge in [0.2, 0.25) is 17.4 Å². The molecule has 3 rings (SSSR count). The Morgan fingerprint density at radius 3 is 2.48 bits per heavy atom. The Morgan fingerprint density at radius 2 is 1.92 bits per heavy atom. The van der Waals surface area contributed by atoms with E-state index in [9.17, 15) is 24.6 Å². The van der Waals surface area contributed by atoms with Crippen molar-refractivity contribution in [2.45, 2.75) is 18.5 Å². The van der Waals surface area contributed by atoms with Gasteiger partial charge in [0.1, 0.15) is 30.2 Å². The number of carbonyl (C=O) groups excluding carboxylic acids is 3. The number of likely N-dealkylation sites (tertiary alicyclic amines) is 1. The van der Waals surface area contributed by atoms with Gasteiger partial charge < -0.3 is 20.3 Å². The Kier molecular flexibility index (Phi) is 4.26. The maximum Gasteiger partial charge on any atom is 0.371 e. The zero-order valence-electron chi connectivity index (χ0n) is 14.0. The standard InChI is InChI=1S/C17H20N2O6/c1-3-25-16(24)17(8-20)12-11(14(22)19(2)15(12)23)13(18-17)9-4-6-10(21)7-5-9/h4-7,11-13,18,20-21H,3,8H2,1-2H3/p+1/t11-,12-,13-,17-/m0/s1. The number of quaternary nitrogens is 1. The number of ether oxygens (including phenoxy) is 1. The number of rotatable bonds is 4. The van der Waals surface area contributed by atoms with Crippen molar-refractivity contribution in [2.24, 2.45) is 11.8 Å². The molecule has 25 heavy (non-hydrogen) atoms. The molecule has 2 heterocycles. The summed E-state index contributed by atoms with van der Waals surface area (Å²) in [5.74, 6) is -3.28. The summed E-state index contributed by atoms with van der Waals surface area (Å²) in [6.07, 6.45) is 0. The topological polar surface area (TPSA) is 121 Å². The number of nitrogens with two attached hydrogens (primary N) is 1. The lowest BCUT2D eigenvalue weighted by molar-refractivity contribution is -0.735. The Bertz CT molecular complexity index is 718. The first-order chi connectivity index (χ1) is 11.9. The van der Waals surface area contributed by atoms with Crippen LogP contribution in [0.25, 0.3) is 0 Å². The van der Waals surface area contributed by atoms with Gasteiger partial charge in [-0.1, -0.05) is 0 Å². The van der Waals surface area contributed by atoms with Crippen LogP contribution >= 0.6 is 0 Å². The van der Waals surface area contributed by atoms with Crippen LogP contribution in [-0.4, -0.2) is 58.7 Å². The number of fused-ring (bicyclic) bond motifs is 1. The van der Waals surface area contributed by atoms with Crippen molar-refractivity contribution in [3.63, 3.8) is 0 Å². The van der Waals surface area contributed by atoms with Crippen LogP contribution < -0.4 is 5.32 Å². The maximum absolute atomic E-state index is 12.6. The van der Waals surface area contributed by atoms with Gasteiger partial charge in [-0.3, -0.25) is 14.5 Å². The smallest absolute Gasteiger partial charge is 0.371 e. The number of aromatic hydroxyl groups is 1. The van der Waals surface area contributed by atoms with E-state index >= 15 is 0 Å². The van der Waals surface area contributed by atoms with E-state index in [0.717, 1.165) is 4.90 Å². The minimum atomic E-state index is -1.55. The number of imide groups is 1. The van der Waals surface area contributed by atoms with Crippen molar-refractivity contribution < 1.29 is 34.7 Å². The summed E-state index contributed by atoms with van der Waals surface area (Å²) in [6.45, 7) is 1.13. The van der Waals surface area contributed by atoms with E-state index in [1.165, 1.54) is 19.2 Å². The summed E-state index contributed by atoms with van der Waals surface area (Å²) in [5.41, 5.74) is -0.871. The van der Waals surface area contributed by atoms with Gasteiger partial charge in [0.05, 0.1) is 6.61 Å². The number of carbonyl (C=O) groups is 3. The van der Waals surface area contributed by atoms with Crippen molar-refractivity contribution in [2.75, 3.05) is 20.3 Å². The molecule has 2 saturated heterocycles. The fourth-order valence-corrected chi connectivity index (χ4v) is 3.94. The molecule has 0 saturated carbocycles. The Labute approximate surface area is 144 Å². The van der Waals surface area contributed by atoms with Gasteiger partial charge in [-0.15, -0.1) is 0 Å². The summed E-state index contributed by atoms with van der Waals surface area (Å²) >= 11 is 0. The summed E-state index contributed by atoms with van der Waals surface area (Å²) in [7, 11) is 1.38. The average molecular weight is 349 g/mol. The molecule has 0 radical (unpaired) electrons. The lowest BCUT2D eigenvalue weighted by Gasteiger charge is -2.27. The van der Waals surface area contributed by atoms with E-state index in [2.05, 4.69) is 0 Å². The molecule has 0 spiro atoms. The molecule has 0 aromatic heterocycles. The van der Waals surface area contributed by atoms with Crippen molar-refractivity contribution in [3.05, 3.63) is 29.8 Å². The molecule has 4 N–H and O–H groups in total. The minimum Gasteiger partial charge on any atom is -0.508 e. The van der Waals surface area contributed by atoms with Crippen molar-refractivity contribution in [1.82, 2.24) is 4.90 Å². The Balaban J connectivity index is 2.10. The number of benzene rings is 1. The quantitative estimate of drug-likeness (QED) is 0.451. The van der Waals surface area contributed by atoms with Crippen LogP contribution in [0.5, 0.6) is 5.75 Å². The van der Waals surface area contributed by atoms with Crippen LogP contribution in [0.2, 0.25) is 0 Å². The molecule has 2 fully saturated rings. The van der Waals surface area contributed by atoms with Crippen molar-refractivity contribution in [1.29, 1.82) is 0 Å². The van der Waals surface area contributed by atoms with Gasteiger partial charge in [-0.25, -0.2) is 4.79 Å². The highest BCUT2D eigenvalue weighted by Gasteiger charge is 2.72. The summed E-state index contributed by atoms with van der Waals surface area (Å²) < 4.78 is 5.10. The molecule has 0 bridgehead atoms. The molecule has 0 unspecified atom stereocenters. The number of nitrogens with zero attached hydrogens (tertiary/aromatic N) is 1. The third kappa shape index (κ3) is 2.40. The first kappa shape index (κ1) is 17.4. The fraction of sp³-hybridized carbons (Fsp3) is 0.471. The molecule has 4 atom stereocenters. The normalized spacial score (nSPS) is 31.3. The molecule has 0 aliphatic carbocycles. The average Bonchev–Trinajstić information content (AvgIpc) is 3.06. The number of hydrogen-bond acceptors (Lipinski definition) is 6. The fourth-order valence-electron chi connectivity index (χ4n) is 3.94. The second-order valence-corrected chi connectivity index (χ2v) is 6.44. The number of hydrogen-bond donors (Lipinski definition) is 3. The van der Waals surface area contributed by atoms with E-state index in [0.29, 0.717) is 5.56 Å². The van der Waals surface area contributed by atoms with Crippen molar-refractivity contribution in [3.8, 4) is 5.75 Å². The molecule has 134 valence electrons. The maximum atomic E-state index is 12.6. The predicted molar refractivity (Wildman–Crippen MR) is 84.0 cm³/mol. The van der Waals surface area contributed by atoms with E-state index in [-0.39, 0.29) is 18.3 Å². The molecule has 8 heteroatoms. The van der Waals surface area contributed by atoms with Gasteiger partial charge in [-0.2, -0.15) is 0 Å². The minimum absolute atomic E-state index is 0.0723. The SMILES string of the molecule is CCOC(=O)[C@@]1(CO)[NH2+][C@@H](c2ccc(O)cc2)[C@H]2C(=O)N(C)C(=O)[C@H]21. The first-order valence-electron chi connectivity index (χ1n) is 8.11. The molecular formula is C17H21N2O6+. The highest BCUT2D eigenvalue weighted by Crippen LogP contribution is 2.44. The number of aliphatic hydroxyl groups is 1. The lowest BCUT2D eigenvalue weighted by Crippen LogP contribution is -2.99. The zero-order valence-corrected chi connectivity index (χ0v) is 14.0. The summed E-state index contributed by atoms with van der Waals surface area (Å²) in [4.78, 5) is 38.9. The van der Waals surface area contributed by atoms with E-state index in [1.54, 1.807) is 24.4 Å². The number of phenolic OH excluding ortho intramolecular Hbond substituents is 1. The van der Waals surface area contributed by atoms with Crippen molar-refractivity contribution >= 4 is 17.8 Å². The largest absolute Gasteiger partial charge is 0.508 e. The van der Waals surface area contributed by atoms with Crippen LogP contribution in [-0.2, 0) is 19.1 Å². The van der Waals surface area contributed by atoms with Crippen LogP contribution in [0.15, 0.2) is 24.3 Å². The molecule has 2 aliphatic rings. The van der Waals surface area contributed by atoms with E-state index in [1.807, 2.05) is 0 Å². The highest BCUT2D eigenvalue weighted by molar-refractivity contribution is 6.08. The van der Waals surface area contributed by atoms with E-state index in [4.69, 9.17) is 4.74 Å². The lowest BCUT2D eigenvalue weighted by atomic mass is 9.79. The Morgan fingerprint density at radius 1 is 1.28 bits per heavy atom. The van der Waals surface area contributed by atoms with Gasteiger partial charge in [0.15, 0.2) is 0 Å². The predicted octanol–water partition coefficient (Wildman–Crippen LogP) is -1.46. The number of esters is 1. The monoisotopic (exact) mass is 349 g/mol. The van der Waals surface area contributed by atoms with Gasteiger partial charge >= 0.3 is 5.97 Å². The van der Waals surface area contributed by atoms with Crippen LogP contribution in [0, 0.1) is 11.8 Å². The second kappa shape index (κ2) is 6.12. The van der Waals surface area contributed by atoms with Crippen LogP contribution in [0.4, 0.5) is 0 Å². The third-order valence-corrected chi connectivity index (χ3v) is 5.19. The summed E-state index contributed by atoms with van der Waals surface area (Å²) in [6, 6.07) is 5.70.